The number of hydrogen-bond donors (Lipinski definition) is 1. The molecule has 0 aromatic rings. The van der Waals surface area contributed by atoms with Crippen molar-refractivity contribution in [2.24, 2.45) is 5.92 Å². The molecule has 1 aliphatic carbocycles. The van der Waals surface area contributed by atoms with Gasteiger partial charge in [0.25, 0.3) is 0 Å². The van der Waals surface area contributed by atoms with Gasteiger partial charge < -0.3 is 9.80 Å². The quantitative estimate of drug-likeness (QED) is 0.557. The smallest absolute Gasteiger partial charge is 0.0986 e. The zero-order chi connectivity index (χ0) is 11.3. The van der Waals surface area contributed by atoms with Crippen molar-refractivity contribution in [3.8, 4) is 0 Å². The highest BCUT2D eigenvalue weighted by atomic mass is 15.1. The number of nitrogens with zero attached hydrogens (tertiary/aromatic N) is 2. The van der Waals surface area contributed by atoms with Crippen LogP contribution in [0.4, 0.5) is 0 Å². The normalized spacial score (nSPS) is 17.3. The SMILES string of the molecule is CN(C)CCCN(C)C(=N)C1CCCC1. The summed E-state index contributed by atoms with van der Waals surface area (Å²) in [6.07, 6.45) is 6.25. The molecule has 0 heterocycles. The zero-order valence-corrected chi connectivity index (χ0v) is 10.4. The first kappa shape index (κ1) is 12.5. The summed E-state index contributed by atoms with van der Waals surface area (Å²) in [5.41, 5.74) is 0. The molecule has 0 aromatic heterocycles. The van der Waals surface area contributed by atoms with Gasteiger partial charge in [-0.2, -0.15) is 0 Å². The molecule has 3 heteroatoms. The van der Waals surface area contributed by atoms with Gasteiger partial charge in [-0.3, -0.25) is 5.41 Å². The Balaban J connectivity index is 2.20. The number of amidine groups is 1. The van der Waals surface area contributed by atoms with Gasteiger partial charge in [0.05, 0.1) is 5.84 Å². The predicted molar refractivity (Wildman–Crippen MR) is 65.5 cm³/mol. The van der Waals surface area contributed by atoms with Crippen LogP contribution in [0, 0.1) is 11.3 Å². The van der Waals surface area contributed by atoms with Crippen molar-refractivity contribution in [2.45, 2.75) is 32.1 Å². The van der Waals surface area contributed by atoms with E-state index in [1.165, 1.54) is 25.7 Å². The van der Waals surface area contributed by atoms with E-state index in [-0.39, 0.29) is 0 Å². The minimum atomic E-state index is 0.550. The molecule has 1 N–H and O–H groups in total. The van der Waals surface area contributed by atoms with Gasteiger partial charge in [0.15, 0.2) is 0 Å². The first-order valence-electron chi connectivity index (χ1n) is 6.05. The van der Waals surface area contributed by atoms with Crippen LogP contribution in [0.2, 0.25) is 0 Å². The van der Waals surface area contributed by atoms with Crippen molar-refractivity contribution in [3.63, 3.8) is 0 Å². The van der Waals surface area contributed by atoms with Gasteiger partial charge in [0.1, 0.15) is 0 Å². The van der Waals surface area contributed by atoms with E-state index in [1.807, 2.05) is 0 Å². The van der Waals surface area contributed by atoms with Crippen LogP contribution in [-0.2, 0) is 0 Å². The van der Waals surface area contributed by atoms with Gasteiger partial charge in [-0.05, 0) is 39.9 Å². The van der Waals surface area contributed by atoms with Gasteiger partial charge in [0, 0.05) is 19.5 Å². The lowest BCUT2D eigenvalue weighted by Gasteiger charge is -2.24. The highest BCUT2D eigenvalue weighted by Gasteiger charge is 2.21. The molecule has 0 aliphatic heterocycles. The molecule has 0 atom stereocenters. The van der Waals surface area contributed by atoms with Gasteiger partial charge in [-0.1, -0.05) is 12.8 Å². The molecule has 15 heavy (non-hydrogen) atoms. The molecule has 0 bridgehead atoms. The maximum atomic E-state index is 8.09. The van der Waals surface area contributed by atoms with Gasteiger partial charge in [0.2, 0.25) is 0 Å². The zero-order valence-electron chi connectivity index (χ0n) is 10.4. The summed E-state index contributed by atoms with van der Waals surface area (Å²) < 4.78 is 0. The van der Waals surface area contributed by atoms with Crippen LogP contribution in [0.1, 0.15) is 32.1 Å². The third-order valence-corrected chi connectivity index (χ3v) is 3.25. The van der Waals surface area contributed by atoms with Crippen LogP contribution >= 0.6 is 0 Å². The largest absolute Gasteiger partial charge is 0.363 e. The molecule has 1 fully saturated rings. The number of hydrogen-bond acceptors (Lipinski definition) is 2. The standard InChI is InChI=1S/C12H25N3/c1-14(2)9-6-10-15(3)12(13)11-7-4-5-8-11/h11,13H,4-10H2,1-3H3. The Morgan fingerprint density at radius 3 is 2.27 bits per heavy atom. The Labute approximate surface area is 94.0 Å². The van der Waals surface area contributed by atoms with E-state index >= 15 is 0 Å². The molecule has 1 saturated carbocycles. The van der Waals surface area contributed by atoms with Crippen molar-refractivity contribution >= 4 is 5.84 Å². The van der Waals surface area contributed by atoms with Crippen molar-refractivity contribution in [2.75, 3.05) is 34.2 Å². The van der Waals surface area contributed by atoms with Gasteiger partial charge in [-0.25, -0.2) is 0 Å². The molecule has 0 saturated heterocycles. The van der Waals surface area contributed by atoms with Gasteiger partial charge in [-0.15, -0.1) is 0 Å². The van der Waals surface area contributed by atoms with Crippen LogP contribution in [0.15, 0.2) is 0 Å². The number of rotatable bonds is 5. The first-order chi connectivity index (χ1) is 7.11. The van der Waals surface area contributed by atoms with E-state index in [0.29, 0.717) is 5.92 Å². The topological polar surface area (TPSA) is 30.3 Å². The second-order valence-corrected chi connectivity index (χ2v) is 4.95. The van der Waals surface area contributed by atoms with Crippen molar-refractivity contribution in [3.05, 3.63) is 0 Å². The van der Waals surface area contributed by atoms with Crippen molar-refractivity contribution < 1.29 is 0 Å². The summed E-state index contributed by atoms with van der Waals surface area (Å²) in [6.45, 7) is 2.13. The molecule has 1 aliphatic rings. The van der Waals surface area contributed by atoms with E-state index in [1.54, 1.807) is 0 Å². The van der Waals surface area contributed by atoms with E-state index in [9.17, 15) is 0 Å². The van der Waals surface area contributed by atoms with Crippen LogP contribution in [0.3, 0.4) is 0 Å². The summed E-state index contributed by atoms with van der Waals surface area (Å²) in [4.78, 5) is 4.34. The molecular weight excluding hydrogens is 186 g/mol. The highest BCUT2D eigenvalue weighted by molar-refractivity contribution is 5.81. The van der Waals surface area contributed by atoms with Crippen LogP contribution in [0.5, 0.6) is 0 Å². The highest BCUT2D eigenvalue weighted by Crippen LogP contribution is 2.26. The van der Waals surface area contributed by atoms with E-state index in [2.05, 4.69) is 30.9 Å². The van der Waals surface area contributed by atoms with Crippen molar-refractivity contribution in [1.29, 1.82) is 5.41 Å². The summed E-state index contributed by atoms with van der Waals surface area (Å²) in [6, 6.07) is 0. The lowest BCUT2D eigenvalue weighted by molar-refractivity contribution is 0.362. The molecule has 0 aromatic carbocycles. The molecule has 1 rings (SSSR count). The first-order valence-corrected chi connectivity index (χ1v) is 6.05. The molecular formula is C12H25N3. The maximum absolute atomic E-state index is 8.09. The van der Waals surface area contributed by atoms with Crippen molar-refractivity contribution in [1.82, 2.24) is 9.80 Å². The fraction of sp³-hybridized carbons (Fsp3) is 0.917. The van der Waals surface area contributed by atoms with E-state index < -0.39 is 0 Å². The van der Waals surface area contributed by atoms with Crippen LogP contribution in [-0.4, -0.2) is 49.9 Å². The second kappa shape index (κ2) is 6.11. The summed E-state index contributed by atoms with van der Waals surface area (Å²) in [5, 5.41) is 8.09. The van der Waals surface area contributed by atoms with Crippen LogP contribution < -0.4 is 0 Å². The Morgan fingerprint density at radius 2 is 1.73 bits per heavy atom. The molecule has 0 spiro atoms. The summed E-state index contributed by atoms with van der Waals surface area (Å²) >= 11 is 0. The average Bonchev–Trinajstić information content (AvgIpc) is 2.68. The monoisotopic (exact) mass is 211 g/mol. The summed E-state index contributed by atoms with van der Waals surface area (Å²) in [5.74, 6) is 1.42. The molecule has 88 valence electrons. The minimum absolute atomic E-state index is 0.550. The van der Waals surface area contributed by atoms with Gasteiger partial charge >= 0.3 is 0 Å². The lowest BCUT2D eigenvalue weighted by Crippen LogP contribution is -2.33. The Hall–Kier alpha value is -0.570. The summed E-state index contributed by atoms with van der Waals surface area (Å²) in [7, 11) is 6.26. The predicted octanol–water partition coefficient (Wildman–Crippen LogP) is 2.04. The minimum Gasteiger partial charge on any atom is -0.363 e. The third kappa shape index (κ3) is 4.20. The Bertz CT molecular complexity index is 195. The lowest BCUT2D eigenvalue weighted by atomic mass is 10.1. The fourth-order valence-corrected chi connectivity index (χ4v) is 2.26. The molecule has 0 amide bonds. The van der Waals surface area contributed by atoms with Crippen LogP contribution in [0.25, 0.3) is 0 Å². The molecule has 3 nitrogen and oxygen atoms in total. The third-order valence-electron chi connectivity index (χ3n) is 3.25. The maximum Gasteiger partial charge on any atom is 0.0986 e. The number of nitrogens with one attached hydrogen (secondary N) is 1. The Kier molecular flexibility index (Phi) is 5.09. The average molecular weight is 211 g/mol. The van der Waals surface area contributed by atoms with E-state index in [0.717, 1.165) is 25.3 Å². The molecule has 0 radical (unpaired) electrons. The van der Waals surface area contributed by atoms with E-state index in [4.69, 9.17) is 5.41 Å². The second-order valence-electron chi connectivity index (χ2n) is 4.95. The fourth-order valence-electron chi connectivity index (χ4n) is 2.26. The molecule has 0 unspecified atom stereocenters. The Morgan fingerprint density at radius 1 is 1.13 bits per heavy atom.